The van der Waals surface area contributed by atoms with Crippen LogP contribution in [0.2, 0.25) is 0 Å². The Balaban J connectivity index is 1.38. The molecule has 14 nitrogen and oxygen atoms in total. The number of aromatic hydroxyl groups is 1. The van der Waals surface area contributed by atoms with Gasteiger partial charge in [0.25, 0.3) is 11.5 Å². The highest BCUT2D eigenvalue weighted by Crippen LogP contribution is 2.38. The van der Waals surface area contributed by atoms with E-state index in [1.54, 1.807) is 34.6 Å². The molecule has 41 heavy (non-hydrogen) atoms. The van der Waals surface area contributed by atoms with Crippen LogP contribution in [0.5, 0.6) is 17.2 Å². The second-order valence-corrected chi connectivity index (χ2v) is 9.64. The average Bonchev–Trinajstić information content (AvgIpc) is 3.45. The Hall–Kier alpha value is -5.01. The number of amides is 1. The summed E-state index contributed by atoms with van der Waals surface area (Å²) in [5.74, 6) is 0.952. The molecule has 3 aromatic heterocycles. The van der Waals surface area contributed by atoms with Crippen LogP contribution in [-0.4, -0.2) is 90.7 Å². The fraction of sp³-hybridized carbons (Fsp3) is 0.370. The number of benzene rings is 1. The molecule has 0 saturated carbocycles. The quantitative estimate of drug-likeness (QED) is 0.334. The van der Waals surface area contributed by atoms with Crippen molar-refractivity contribution in [2.24, 2.45) is 0 Å². The first-order valence-electron chi connectivity index (χ1n) is 13.3. The van der Waals surface area contributed by atoms with E-state index in [0.29, 0.717) is 80.0 Å². The van der Waals surface area contributed by atoms with Crippen LogP contribution in [0.25, 0.3) is 17.2 Å². The maximum absolute atomic E-state index is 13.9. The molecule has 1 fully saturated rings. The van der Waals surface area contributed by atoms with Gasteiger partial charge in [0.2, 0.25) is 5.78 Å². The summed E-state index contributed by atoms with van der Waals surface area (Å²) in [7, 11) is 0. The highest BCUT2D eigenvalue weighted by molar-refractivity contribution is 5.95. The molecule has 2 aliphatic heterocycles. The minimum atomic E-state index is -0.407. The Kier molecular flexibility index (Phi) is 6.73. The molecule has 0 radical (unpaired) electrons. The number of aryl methyl sites for hydroxylation is 1. The lowest BCUT2D eigenvalue weighted by atomic mass is 10.1. The van der Waals surface area contributed by atoms with Crippen molar-refractivity contribution in [3.05, 3.63) is 52.0 Å². The lowest BCUT2D eigenvalue weighted by Crippen LogP contribution is -2.51. The van der Waals surface area contributed by atoms with Crippen LogP contribution < -0.4 is 19.9 Å². The largest absolute Gasteiger partial charge is 0.504 e. The number of hydrogen-bond donors (Lipinski definition) is 1. The molecule has 212 valence electrons. The lowest BCUT2D eigenvalue weighted by molar-refractivity contribution is -0.108. The first-order valence-corrected chi connectivity index (χ1v) is 13.3. The number of para-hydroxylation sites is 1. The molecule has 1 N–H and O–H groups in total. The highest BCUT2D eigenvalue weighted by atomic mass is 16.6. The third-order valence-corrected chi connectivity index (χ3v) is 7.32. The number of carbonyl (C=O) groups excluding carboxylic acids is 2. The number of hydrogen-bond acceptors (Lipinski definition) is 11. The van der Waals surface area contributed by atoms with Crippen molar-refractivity contribution in [1.29, 1.82) is 0 Å². The summed E-state index contributed by atoms with van der Waals surface area (Å²) < 4.78 is 14.4. The summed E-state index contributed by atoms with van der Waals surface area (Å²) in [4.78, 5) is 54.8. The monoisotopic (exact) mass is 560 g/mol. The molecular weight excluding hydrogens is 532 g/mol. The Morgan fingerprint density at radius 2 is 1.90 bits per heavy atom. The van der Waals surface area contributed by atoms with E-state index in [0.717, 1.165) is 6.29 Å². The zero-order valence-corrected chi connectivity index (χ0v) is 22.6. The zero-order valence-electron chi connectivity index (χ0n) is 22.6. The van der Waals surface area contributed by atoms with E-state index in [2.05, 4.69) is 20.1 Å². The summed E-state index contributed by atoms with van der Waals surface area (Å²) in [6.07, 6.45) is 2.46. The summed E-state index contributed by atoms with van der Waals surface area (Å²) in [5.41, 5.74) is 1.53. The van der Waals surface area contributed by atoms with Gasteiger partial charge < -0.3 is 33.7 Å². The van der Waals surface area contributed by atoms with Gasteiger partial charge in [-0.1, -0.05) is 13.0 Å². The normalized spacial score (nSPS) is 14.9. The molecule has 0 spiro atoms. The second-order valence-electron chi connectivity index (χ2n) is 9.64. The molecule has 5 heterocycles. The Morgan fingerprint density at radius 1 is 1.12 bits per heavy atom. The van der Waals surface area contributed by atoms with Crippen LogP contribution in [0.1, 0.15) is 28.8 Å². The SMILES string of the molecule is CCc1c(N2CCN(C(=O)c3ncnc(C)c3O)CC2)c(=O)n2nc(-c3cccc4c3OCCO4)nc2n1CC=O. The molecule has 1 saturated heterocycles. The van der Waals surface area contributed by atoms with E-state index in [-0.39, 0.29) is 35.1 Å². The molecule has 0 unspecified atom stereocenters. The van der Waals surface area contributed by atoms with Crippen molar-refractivity contribution in [2.75, 3.05) is 44.3 Å². The molecule has 0 aliphatic carbocycles. The number of fused-ring (bicyclic) bond motifs is 2. The maximum Gasteiger partial charge on any atom is 0.299 e. The predicted octanol–water partition coefficient (Wildman–Crippen LogP) is 0.857. The predicted molar refractivity (Wildman–Crippen MR) is 146 cm³/mol. The van der Waals surface area contributed by atoms with Gasteiger partial charge in [0.1, 0.15) is 31.5 Å². The third kappa shape index (κ3) is 4.40. The van der Waals surface area contributed by atoms with E-state index >= 15 is 0 Å². The summed E-state index contributed by atoms with van der Waals surface area (Å²) in [5, 5.41) is 14.8. The van der Waals surface area contributed by atoms with E-state index in [1.807, 2.05) is 11.8 Å². The van der Waals surface area contributed by atoms with Gasteiger partial charge >= 0.3 is 0 Å². The number of anilines is 1. The maximum atomic E-state index is 13.9. The van der Waals surface area contributed by atoms with Crippen LogP contribution >= 0.6 is 0 Å². The second kappa shape index (κ2) is 10.5. The smallest absolute Gasteiger partial charge is 0.299 e. The van der Waals surface area contributed by atoms with E-state index in [1.165, 1.54) is 10.8 Å². The van der Waals surface area contributed by atoms with Gasteiger partial charge in [-0.15, -0.1) is 5.10 Å². The van der Waals surface area contributed by atoms with Gasteiger partial charge in [0.15, 0.2) is 28.8 Å². The van der Waals surface area contributed by atoms with Gasteiger partial charge in [-0.05, 0) is 25.5 Å². The number of piperazine rings is 1. The van der Waals surface area contributed by atoms with Crippen LogP contribution in [0.15, 0.2) is 29.3 Å². The summed E-state index contributed by atoms with van der Waals surface area (Å²) in [6.45, 7) is 5.60. The zero-order chi connectivity index (χ0) is 28.7. The van der Waals surface area contributed by atoms with Crippen molar-refractivity contribution < 1.29 is 24.2 Å². The van der Waals surface area contributed by atoms with Gasteiger partial charge in [0.05, 0.1) is 23.5 Å². The van der Waals surface area contributed by atoms with Crippen molar-refractivity contribution in [3.63, 3.8) is 0 Å². The molecule has 4 aromatic rings. The van der Waals surface area contributed by atoms with Gasteiger partial charge in [-0.2, -0.15) is 9.50 Å². The molecular formula is C27H28N8O6. The number of ether oxygens (including phenoxy) is 2. The minimum Gasteiger partial charge on any atom is -0.504 e. The number of aldehydes is 1. The van der Waals surface area contributed by atoms with Gasteiger partial charge in [-0.25, -0.2) is 9.97 Å². The molecule has 2 aliphatic rings. The Morgan fingerprint density at radius 3 is 2.66 bits per heavy atom. The van der Waals surface area contributed by atoms with Crippen molar-refractivity contribution in [1.82, 2.24) is 34.0 Å². The number of carbonyl (C=O) groups is 2. The number of nitrogens with zero attached hydrogens (tertiary/aromatic N) is 8. The van der Waals surface area contributed by atoms with Crippen LogP contribution in [0, 0.1) is 6.92 Å². The van der Waals surface area contributed by atoms with Crippen molar-refractivity contribution in [2.45, 2.75) is 26.8 Å². The molecule has 6 rings (SSSR count). The molecule has 14 heteroatoms. The summed E-state index contributed by atoms with van der Waals surface area (Å²) in [6, 6.07) is 5.40. The van der Waals surface area contributed by atoms with E-state index in [9.17, 15) is 19.5 Å². The Labute approximate surface area is 233 Å². The van der Waals surface area contributed by atoms with Crippen LogP contribution in [0.4, 0.5) is 5.69 Å². The van der Waals surface area contributed by atoms with Crippen LogP contribution in [0.3, 0.4) is 0 Å². The van der Waals surface area contributed by atoms with E-state index < -0.39 is 5.91 Å². The minimum absolute atomic E-state index is 0.0185. The standard InChI is InChI=1S/C27H28N8O6/c1-3-18-21(32-7-9-33(10-8-32)25(38)20-22(37)16(2)28-15-29-20)26(39)35-27(34(18)11-12-36)30-24(31-35)17-5-4-6-19-23(17)41-14-13-40-19/h4-6,12,15,37H,3,7-11,13-14H2,1-2H3. The molecule has 1 amide bonds. The molecule has 0 atom stereocenters. The van der Waals surface area contributed by atoms with Gasteiger partial charge in [-0.3, -0.25) is 9.59 Å². The number of aromatic nitrogens is 6. The highest BCUT2D eigenvalue weighted by Gasteiger charge is 2.30. The van der Waals surface area contributed by atoms with Crippen molar-refractivity contribution >= 4 is 23.7 Å². The van der Waals surface area contributed by atoms with Gasteiger partial charge in [0, 0.05) is 26.2 Å². The fourth-order valence-electron chi connectivity index (χ4n) is 5.30. The number of rotatable bonds is 6. The first kappa shape index (κ1) is 26.2. The topological polar surface area (TPSA) is 157 Å². The van der Waals surface area contributed by atoms with Crippen molar-refractivity contribution in [3.8, 4) is 28.6 Å². The summed E-state index contributed by atoms with van der Waals surface area (Å²) >= 11 is 0. The first-order chi connectivity index (χ1) is 19.9. The average molecular weight is 561 g/mol. The van der Waals surface area contributed by atoms with E-state index in [4.69, 9.17) is 9.47 Å². The third-order valence-electron chi connectivity index (χ3n) is 7.32. The van der Waals surface area contributed by atoms with Crippen LogP contribution in [-0.2, 0) is 17.8 Å². The molecule has 0 bridgehead atoms. The lowest BCUT2D eigenvalue weighted by Gasteiger charge is -2.36. The fourth-order valence-corrected chi connectivity index (χ4v) is 5.30. The molecule has 1 aromatic carbocycles. The Bertz CT molecular complexity index is 1720.